The van der Waals surface area contributed by atoms with Gasteiger partial charge in [0.2, 0.25) is 0 Å². The highest BCUT2D eigenvalue weighted by atomic mass is 19.4. The van der Waals surface area contributed by atoms with E-state index < -0.39 is 18.6 Å². The third-order valence-corrected chi connectivity index (χ3v) is 1.72. The van der Waals surface area contributed by atoms with Gasteiger partial charge in [0, 0.05) is 18.6 Å². The number of aromatic nitrogens is 2. The van der Waals surface area contributed by atoms with Crippen LogP contribution in [0.5, 0.6) is 0 Å². The van der Waals surface area contributed by atoms with Crippen LogP contribution in [0.4, 0.5) is 13.2 Å². The molecule has 0 saturated heterocycles. The quantitative estimate of drug-likeness (QED) is 0.815. The topological polar surface area (TPSA) is 37.8 Å². The molecule has 3 nitrogen and oxygen atoms in total. The normalized spacial score (nSPS) is 14.0. The van der Waals surface area contributed by atoms with Crippen molar-refractivity contribution in [3.05, 3.63) is 24.3 Å². The van der Waals surface area contributed by atoms with Crippen LogP contribution in [0.15, 0.2) is 18.6 Å². The molecule has 78 valence electrons. The number of nitrogens with zero attached hydrogens (tertiary/aromatic N) is 2. The van der Waals surface area contributed by atoms with Crippen LogP contribution >= 0.6 is 0 Å². The number of hydrogen-bond acceptors (Lipinski definition) is 3. The van der Waals surface area contributed by atoms with E-state index in [1.807, 2.05) is 0 Å². The summed E-state index contributed by atoms with van der Waals surface area (Å²) < 4.78 is 36.3. The Bertz CT molecular complexity index is 273. The smallest absolute Gasteiger partial charge is 0.311 e. The van der Waals surface area contributed by atoms with Crippen molar-refractivity contribution in [2.75, 3.05) is 7.05 Å². The van der Waals surface area contributed by atoms with E-state index in [-0.39, 0.29) is 0 Å². The van der Waals surface area contributed by atoms with E-state index in [4.69, 9.17) is 0 Å². The highest BCUT2D eigenvalue weighted by Gasteiger charge is 2.32. The maximum atomic E-state index is 12.1. The molecule has 0 aliphatic carbocycles. The minimum absolute atomic E-state index is 0.298. The summed E-state index contributed by atoms with van der Waals surface area (Å²) in [5, 5.41) is 2.55. The van der Waals surface area contributed by atoms with E-state index in [1.165, 1.54) is 25.6 Å². The Morgan fingerprint density at radius 3 is 2.57 bits per heavy atom. The number of hydrogen-bond donors (Lipinski definition) is 1. The van der Waals surface area contributed by atoms with Crippen molar-refractivity contribution in [3.63, 3.8) is 0 Å². The number of halogens is 3. The van der Waals surface area contributed by atoms with E-state index >= 15 is 0 Å². The molecular weight excluding hydrogens is 195 g/mol. The highest BCUT2D eigenvalue weighted by Crippen LogP contribution is 2.27. The van der Waals surface area contributed by atoms with Crippen LogP contribution in [0.2, 0.25) is 0 Å². The summed E-state index contributed by atoms with van der Waals surface area (Å²) in [5.41, 5.74) is 0.298. The third-order valence-electron chi connectivity index (χ3n) is 1.72. The van der Waals surface area contributed by atoms with Crippen LogP contribution in [0.3, 0.4) is 0 Å². The zero-order valence-corrected chi connectivity index (χ0v) is 7.54. The fraction of sp³-hybridized carbons (Fsp3) is 0.500. The maximum absolute atomic E-state index is 12.1. The molecule has 0 aromatic carbocycles. The summed E-state index contributed by atoms with van der Waals surface area (Å²) in [6.07, 6.45) is -1.03. The van der Waals surface area contributed by atoms with Crippen molar-refractivity contribution in [3.8, 4) is 0 Å². The molecule has 0 saturated carbocycles. The van der Waals surface area contributed by atoms with E-state index in [9.17, 15) is 13.2 Å². The predicted molar refractivity (Wildman–Crippen MR) is 44.5 cm³/mol. The van der Waals surface area contributed by atoms with E-state index in [0.717, 1.165) is 0 Å². The fourth-order valence-corrected chi connectivity index (χ4v) is 1.08. The average molecular weight is 205 g/mol. The van der Waals surface area contributed by atoms with Crippen LogP contribution in [0, 0.1) is 0 Å². The molecule has 0 radical (unpaired) electrons. The molecule has 1 aromatic rings. The highest BCUT2D eigenvalue weighted by molar-refractivity contribution is 5.02. The Kier molecular flexibility index (Phi) is 3.40. The molecule has 0 aliphatic rings. The molecule has 0 aliphatic heterocycles. The van der Waals surface area contributed by atoms with Crippen molar-refractivity contribution in [1.82, 2.24) is 15.3 Å². The van der Waals surface area contributed by atoms with Gasteiger partial charge in [-0.15, -0.1) is 0 Å². The van der Waals surface area contributed by atoms with Gasteiger partial charge in [-0.1, -0.05) is 0 Å². The lowest BCUT2D eigenvalue weighted by Crippen LogP contribution is -2.24. The van der Waals surface area contributed by atoms with Crippen LogP contribution < -0.4 is 5.32 Å². The number of nitrogens with one attached hydrogen (secondary N) is 1. The minimum atomic E-state index is -4.20. The molecule has 6 heteroatoms. The zero-order valence-electron chi connectivity index (χ0n) is 7.54. The van der Waals surface area contributed by atoms with Gasteiger partial charge in [-0.3, -0.25) is 9.97 Å². The number of alkyl halides is 3. The Morgan fingerprint density at radius 1 is 1.43 bits per heavy atom. The molecule has 1 aromatic heterocycles. The van der Waals surface area contributed by atoms with Gasteiger partial charge in [-0.2, -0.15) is 13.2 Å². The molecular formula is C8H10F3N3. The molecule has 1 atom stereocenters. The summed E-state index contributed by atoms with van der Waals surface area (Å²) in [7, 11) is 1.46. The Hall–Kier alpha value is -1.17. The molecule has 1 N–H and O–H groups in total. The molecule has 0 fully saturated rings. The van der Waals surface area contributed by atoms with Crippen molar-refractivity contribution in [2.24, 2.45) is 0 Å². The first-order valence-corrected chi connectivity index (χ1v) is 4.03. The standard InChI is InChI=1S/C8H10F3N3/c1-12-6(4-8(9,10)11)7-5-13-2-3-14-7/h2-3,5-6,12H,4H2,1H3. The first-order chi connectivity index (χ1) is 6.53. The van der Waals surface area contributed by atoms with Gasteiger partial charge in [0.25, 0.3) is 0 Å². The van der Waals surface area contributed by atoms with Gasteiger partial charge < -0.3 is 5.32 Å². The Labute approximate surface area is 79.4 Å². The predicted octanol–water partition coefficient (Wildman–Crippen LogP) is 1.69. The van der Waals surface area contributed by atoms with Gasteiger partial charge in [0.1, 0.15) is 0 Å². The van der Waals surface area contributed by atoms with E-state index in [2.05, 4.69) is 15.3 Å². The summed E-state index contributed by atoms with van der Waals surface area (Å²) >= 11 is 0. The summed E-state index contributed by atoms with van der Waals surface area (Å²) in [6, 6.07) is -0.830. The molecule has 0 amide bonds. The maximum Gasteiger partial charge on any atom is 0.390 e. The molecule has 1 unspecified atom stereocenters. The largest absolute Gasteiger partial charge is 0.390 e. The van der Waals surface area contributed by atoms with E-state index in [1.54, 1.807) is 0 Å². The minimum Gasteiger partial charge on any atom is -0.311 e. The van der Waals surface area contributed by atoms with Gasteiger partial charge >= 0.3 is 6.18 Å². The monoisotopic (exact) mass is 205 g/mol. The first-order valence-electron chi connectivity index (χ1n) is 4.03. The van der Waals surface area contributed by atoms with Gasteiger partial charge in [-0.05, 0) is 7.05 Å². The van der Waals surface area contributed by atoms with Crippen molar-refractivity contribution in [2.45, 2.75) is 18.6 Å². The average Bonchev–Trinajstić information content (AvgIpc) is 2.14. The van der Waals surface area contributed by atoms with Gasteiger partial charge in [-0.25, -0.2) is 0 Å². The van der Waals surface area contributed by atoms with Gasteiger partial charge in [0.05, 0.1) is 18.2 Å². The summed E-state index contributed by atoms with van der Waals surface area (Å²) in [5.74, 6) is 0. The second-order valence-corrected chi connectivity index (χ2v) is 2.79. The number of rotatable bonds is 3. The Balaban J connectivity index is 2.73. The zero-order chi connectivity index (χ0) is 10.6. The summed E-state index contributed by atoms with van der Waals surface area (Å²) in [6.45, 7) is 0. The SMILES string of the molecule is CNC(CC(F)(F)F)c1cnccn1. The van der Waals surface area contributed by atoms with Crippen LogP contribution in [0.25, 0.3) is 0 Å². The van der Waals surface area contributed by atoms with Crippen LogP contribution in [-0.4, -0.2) is 23.2 Å². The lowest BCUT2D eigenvalue weighted by Gasteiger charge is -2.16. The third kappa shape index (κ3) is 3.29. The van der Waals surface area contributed by atoms with Crippen molar-refractivity contribution in [1.29, 1.82) is 0 Å². The molecule has 0 bridgehead atoms. The molecule has 1 heterocycles. The second-order valence-electron chi connectivity index (χ2n) is 2.79. The lowest BCUT2D eigenvalue weighted by atomic mass is 10.1. The van der Waals surface area contributed by atoms with Crippen molar-refractivity contribution < 1.29 is 13.2 Å². The van der Waals surface area contributed by atoms with Crippen LogP contribution in [-0.2, 0) is 0 Å². The van der Waals surface area contributed by atoms with Crippen molar-refractivity contribution >= 4 is 0 Å². The molecule has 14 heavy (non-hydrogen) atoms. The summed E-state index contributed by atoms with van der Waals surface area (Å²) in [4.78, 5) is 7.52. The Morgan fingerprint density at radius 2 is 2.14 bits per heavy atom. The molecule has 0 spiro atoms. The fourth-order valence-electron chi connectivity index (χ4n) is 1.08. The van der Waals surface area contributed by atoms with Crippen LogP contribution in [0.1, 0.15) is 18.2 Å². The van der Waals surface area contributed by atoms with Gasteiger partial charge in [0.15, 0.2) is 0 Å². The van der Waals surface area contributed by atoms with E-state index in [0.29, 0.717) is 5.69 Å². The first kappa shape index (κ1) is 10.9. The second kappa shape index (κ2) is 4.36. The lowest BCUT2D eigenvalue weighted by molar-refractivity contribution is -0.140. The molecule has 1 rings (SSSR count).